The molecule has 21 heavy (non-hydrogen) atoms. The van der Waals surface area contributed by atoms with E-state index >= 15 is 0 Å². The van der Waals surface area contributed by atoms with Crippen LogP contribution in [-0.4, -0.2) is 5.78 Å². The molecule has 1 nitrogen and oxygen atoms in total. The summed E-state index contributed by atoms with van der Waals surface area (Å²) in [7, 11) is 0. The molecule has 104 valence electrons. The Bertz CT molecular complexity index is 782. The fourth-order valence-corrected chi connectivity index (χ4v) is 3.97. The van der Waals surface area contributed by atoms with Crippen molar-refractivity contribution in [2.75, 3.05) is 0 Å². The first-order valence-corrected chi connectivity index (χ1v) is 7.59. The van der Waals surface area contributed by atoms with Crippen LogP contribution in [-0.2, 0) is 6.42 Å². The Hall–Kier alpha value is -2.15. The second-order valence-electron chi connectivity index (χ2n) is 6.43. The van der Waals surface area contributed by atoms with Crippen molar-refractivity contribution in [1.82, 2.24) is 0 Å². The predicted octanol–water partition coefficient (Wildman–Crippen LogP) is 4.62. The lowest BCUT2D eigenvalue weighted by Gasteiger charge is -2.37. The topological polar surface area (TPSA) is 17.1 Å². The van der Waals surface area contributed by atoms with Crippen LogP contribution in [0.1, 0.15) is 40.9 Å². The van der Waals surface area contributed by atoms with E-state index in [4.69, 9.17) is 0 Å². The van der Waals surface area contributed by atoms with Crippen molar-refractivity contribution >= 4 is 17.4 Å². The van der Waals surface area contributed by atoms with Crippen LogP contribution in [0.3, 0.4) is 0 Å². The molecule has 0 heterocycles. The molecule has 4 rings (SSSR count). The standard InChI is InChI=1S/C20H18O/c1-13(2)20-12-15-8-4-3-7-14(15)11-18(20)16-9-5-6-10-17(16)19(20)21/h3-11,13H,12H2,1-2H3/t20-/m0/s1. The molecule has 0 spiro atoms. The van der Waals surface area contributed by atoms with Crippen LogP contribution in [0, 0.1) is 11.3 Å². The Morgan fingerprint density at radius 2 is 1.62 bits per heavy atom. The number of rotatable bonds is 1. The summed E-state index contributed by atoms with van der Waals surface area (Å²) in [5.41, 5.74) is 5.41. The number of hydrogen-bond acceptors (Lipinski definition) is 1. The highest BCUT2D eigenvalue weighted by Gasteiger charge is 2.52. The van der Waals surface area contributed by atoms with Gasteiger partial charge >= 0.3 is 0 Å². The van der Waals surface area contributed by atoms with Crippen molar-refractivity contribution in [1.29, 1.82) is 0 Å². The lowest BCUT2D eigenvalue weighted by atomic mass is 9.64. The van der Waals surface area contributed by atoms with Gasteiger partial charge in [-0.2, -0.15) is 0 Å². The number of hydrogen-bond donors (Lipinski definition) is 0. The molecule has 0 saturated carbocycles. The summed E-state index contributed by atoms with van der Waals surface area (Å²) in [6, 6.07) is 16.5. The van der Waals surface area contributed by atoms with E-state index in [9.17, 15) is 4.79 Å². The smallest absolute Gasteiger partial charge is 0.174 e. The minimum Gasteiger partial charge on any atom is -0.293 e. The highest BCUT2D eigenvalue weighted by molar-refractivity contribution is 6.20. The number of ketones is 1. The lowest BCUT2D eigenvalue weighted by molar-refractivity contribution is 0.0820. The van der Waals surface area contributed by atoms with Crippen LogP contribution in [0.5, 0.6) is 0 Å². The highest BCUT2D eigenvalue weighted by Crippen LogP contribution is 2.55. The Kier molecular flexibility index (Phi) is 2.50. The van der Waals surface area contributed by atoms with Gasteiger partial charge < -0.3 is 0 Å². The molecular formula is C20H18O. The van der Waals surface area contributed by atoms with E-state index in [2.05, 4.69) is 50.3 Å². The van der Waals surface area contributed by atoms with Crippen LogP contribution >= 0.6 is 0 Å². The van der Waals surface area contributed by atoms with Crippen LogP contribution in [0.25, 0.3) is 11.6 Å². The molecular weight excluding hydrogens is 256 g/mol. The highest BCUT2D eigenvalue weighted by atomic mass is 16.1. The number of fused-ring (bicyclic) bond motifs is 4. The maximum Gasteiger partial charge on any atom is 0.174 e. The van der Waals surface area contributed by atoms with Gasteiger partial charge in [-0.15, -0.1) is 0 Å². The van der Waals surface area contributed by atoms with E-state index in [1.165, 1.54) is 16.7 Å². The van der Waals surface area contributed by atoms with Gasteiger partial charge in [0.2, 0.25) is 0 Å². The maximum absolute atomic E-state index is 13.2. The molecule has 2 aromatic carbocycles. The van der Waals surface area contributed by atoms with Gasteiger partial charge in [0.25, 0.3) is 0 Å². The summed E-state index contributed by atoms with van der Waals surface area (Å²) in [5.74, 6) is 0.589. The molecule has 0 N–H and O–H groups in total. The van der Waals surface area contributed by atoms with Crippen molar-refractivity contribution in [3.05, 3.63) is 70.8 Å². The van der Waals surface area contributed by atoms with Crippen LogP contribution in [0.2, 0.25) is 0 Å². The van der Waals surface area contributed by atoms with E-state index in [1.54, 1.807) is 0 Å². The van der Waals surface area contributed by atoms with E-state index in [-0.39, 0.29) is 11.3 Å². The molecule has 0 aliphatic heterocycles. The third-order valence-corrected chi connectivity index (χ3v) is 5.16. The zero-order valence-corrected chi connectivity index (χ0v) is 12.4. The van der Waals surface area contributed by atoms with Crippen LogP contribution in [0.15, 0.2) is 48.5 Å². The Labute approximate surface area is 125 Å². The number of benzene rings is 2. The predicted molar refractivity (Wildman–Crippen MR) is 86.1 cm³/mol. The summed E-state index contributed by atoms with van der Waals surface area (Å²) in [6.45, 7) is 4.34. The second kappa shape index (κ2) is 4.17. The molecule has 2 aliphatic carbocycles. The molecule has 0 fully saturated rings. The molecule has 0 amide bonds. The summed E-state index contributed by atoms with van der Waals surface area (Å²) < 4.78 is 0. The van der Waals surface area contributed by atoms with Gasteiger partial charge in [0.1, 0.15) is 0 Å². The quantitative estimate of drug-likeness (QED) is 0.741. The molecule has 0 radical (unpaired) electrons. The lowest BCUT2D eigenvalue weighted by Crippen LogP contribution is -2.37. The summed E-state index contributed by atoms with van der Waals surface area (Å²) in [4.78, 5) is 13.2. The zero-order valence-electron chi connectivity index (χ0n) is 12.4. The first-order valence-electron chi connectivity index (χ1n) is 7.59. The summed E-state index contributed by atoms with van der Waals surface area (Å²) in [6.07, 6.45) is 3.06. The SMILES string of the molecule is CC(C)[C@@]12Cc3ccccc3C=C1c1ccccc1C2=O. The van der Waals surface area contributed by atoms with E-state index < -0.39 is 0 Å². The minimum atomic E-state index is -0.377. The Morgan fingerprint density at radius 3 is 2.38 bits per heavy atom. The van der Waals surface area contributed by atoms with Crippen molar-refractivity contribution < 1.29 is 4.79 Å². The Balaban J connectivity index is 2.05. The van der Waals surface area contributed by atoms with E-state index in [1.807, 2.05) is 18.2 Å². The second-order valence-corrected chi connectivity index (χ2v) is 6.43. The average Bonchev–Trinajstić information content (AvgIpc) is 2.76. The van der Waals surface area contributed by atoms with Gasteiger partial charge in [0.05, 0.1) is 5.41 Å². The largest absolute Gasteiger partial charge is 0.293 e. The first-order chi connectivity index (χ1) is 10.1. The molecule has 0 unspecified atom stereocenters. The van der Waals surface area contributed by atoms with Crippen LogP contribution in [0.4, 0.5) is 0 Å². The van der Waals surface area contributed by atoms with Gasteiger partial charge in [-0.3, -0.25) is 4.79 Å². The minimum absolute atomic E-state index is 0.289. The van der Waals surface area contributed by atoms with Crippen molar-refractivity contribution in [3.63, 3.8) is 0 Å². The molecule has 0 aromatic heterocycles. The van der Waals surface area contributed by atoms with Gasteiger partial charge in [-0.25, -0.2) is 0 Å². The van der Waals surface area contributed by atoms with Gasteiger partial charge in [0, 0.05) is 5.56 Å². The molecule has 2 aliphatic rings. The van der Waals surface area contributed by atoms with E-state index in [0.717, 1.165) is 17.5 Å². The fourth-order valence-electron chi connectivity index (χ4n) is 3.97. The maximum atomic E-state index is 13.2. The van der Waals surface area contributed by atoms with Crippen molar-refractivity contribution in [2.24, 2.45) is 11.3 Å². The molecule has 1 atom stereocenters. The summed E-state index contributed by atoms with van der Waals surface area (Å²) >= 11 is 0. The molecule has 0 saturated heterocycles. The fraction of sp³-hybridized carbons (Fsp3) is 0.250. The number of allylic oxidation sites excluding steroid dienone is 1. The molecule has 0 bridgehead atoms. The zero-order chi connectivity index (χ0) is 14.6. The first kappa shape index (κ1) is 12.6. The number of Topliss-reactive ketones (excluding diaryl/α,β-unsaturated/α-hetero) is 1. The third-order valence-electron chi connectivity index (χ3n) is 5.16. The third kappa shape index (κ3) is 1.49. The number of carbonyl (C=O) groups excluding carboxylic acids is 1. The van der Waals surface area contributed by atoms with Gasteiger partial charge in [0.15, 0.2) is 5.78 Å². The monoisotopic (exact) mass is 274 g/mol. The van der Waals surface area contributed by atoms with Crippen molar-refractivity contribution in [2.45, 2.75) is 20.3 Å². The van der Waals surface area contributed by atoms with Gasteiger partial charge in [-0.1, -0.05) is 62.4 Å². The van der Waals surface area contributed by atoms with Crippen molar-refractivity contribution in [3.8, 4) is 0 Å². The molecule has 2 aromatic rings. The van der Waals surface area contributed by atoms with Crippen LogP contribution < -0.4 is 0 Å². The summed E-state index contributed by atoms with van der Waals surface area (Å²) in [5, 5.41) is 0. The van der Waals surface area contributed by atoms with E-state index in [0.29, 0.717) is 5.78 Å². The normalized spacial score (nSPS) is 22.6. The molecule has 1 heteroatoms. The Morgan fingerprint density at radius 1 is 0.952 bits per heavy atom. The average molecular weight is 274 g/mol. The number of carbonyl (C=O) groups is 1. The van der Waals surface area contributed by atoms with Gasteiger partial charge in [-0.05, 0) is 40.7 Å².